The molecule has 0 radical (unpaired) electrons. The van der Waals surface area contributed by atoms with E-state index < -0.39 is 5.97 Å². The van der Waals surface area contributed by atoms with Crippen LogP contribution in [0.1, 0.15) is 42.0 Å². The number of carbonyl (C=O) groups excluding carboxylic acids is 1. The zero-order chi connectivity index (χ0) is 14.8. The molecule has 0 N–H and O–H groups in total. The molecule has 0 saturated carbocycles. The van der Waals surface area contributed by atoms with Crippen LogP contribution >= 0.6 is 0 Å². The molecule has 112 valence electrons. The number of aromatic nitrogens is 3. The van der Waals surface area contributed by atoms with E-state index in [1.807, 2.05) is 6.07 Å². The molecule has 1 fully saturated rings. The summed E-state index contributed by atoms with van der Waals surface area (Å²) in [5.41, 5.74) is 1.11. The van der Waals surface area contributed by atoms with E-state index in [4.69, 9.17) is 4.74 Å². The Morgan fingerprint density at radius 2 is 2.33 bits per heavy atom. The zero-order valence-electron chi connectivity index (χ0n) is 12.5. The lowest BCUT2D eigenvalue weighted by atomic mass is 9.97. The molecule has 0 amide bonds. The van der Waals surface area contributed by atoms with Crippen LogP contribution < -0.4 is 0 Å². The quantitative estimate of drug-likeness (QED) is 0.805. The van der Waals surface area contributed by atoms with Crippen LogP contribution in [0.25, 0.3) is 5.65 Å². The van der Waals surface area contributed by atoms with Gasteiger partial charge in [-0.1, -0.05) is 13.0 Å². The fourth-order valence-corrected chi connectivity index (χ4v) is 2.91. The minimum atomic E-state index is -0.393. The molecule has 0 spiro atoms. The minimum Gasteiger partial charge on any atom is -0.464 e. The third kappa shape index (κ3) is 2.63. The molecule has 1 aliphatic rings. The molecule has 1 saturated heterocycles. The first kappa shape index (κ1) is 14.0. The largest absolute Gasteiger partial charge is 0.464 e. The zero-order valence-corrected chi connectivity index (χ0v) is 12.5. The Balaban J connectivity index is 1.95. The molecule has 3 heterocycles. The van der Waals surface area contributed by atoms with Crippen molar-refractivity contribution < 1.29 is 9.53 Å². The van der Waals surface area contributed by atoms with Gasteiger partial charge in [-0.25, -0.2) is 14.3 Å². The van der Waals surface area contributed by atoms with Crippen molar-refractivity contribution in [3.63, 3.8) is 0 Å². The number of piperidine rings is 1. The van der Waals surface area contributed by atoms with Crippen molar-refractivity contribution in [1.82, 2.24) is 19.5 Å². The van der Waals surface area contributed by atoms with Crippen LogP contribution in [0.3, 0.4) is 0 Å². The van der Waals surface area contributed by atoms with Crippen molar-refractivity contribution in [2.24, 2.45) is 0 Å². The number of carbonyl (C=O) groups is 1. The maximum atomic E-state index is 11.8. The lowest BCUT2D eigenvalue weighted by Crippen LogP contribution is -2.34. The van der Waals surface area contributed by atoms with E-state index in [9.17, 15) is 4.79 Å². The Bertz CT molecular complexity index is 652. The number of fused-ring (bicyclic) bond motifs is 1. The molecule has 6 heteroatoms. The van der Waals surface area contributed by atoms with Crippen molar-refractivity contribution in [3.8, 4) is 0 Å². The summed E-state index contributed by atoms with van der Waals surface area (Å²) >= 11 is 0. The third-order valence-corrected chi connectivity index (χ3v) is 4.09. The predicted molar refractivity (Wildman–Crippen MR) is 78.4 cm³/mol. The number of rotatable bonds is 3. The molecule has 0 aliphatic carbocycles. The molecule has 0 aromatic carbocycles. The van der Waals surface area contributed by atoms with Gasteiger partial charge < -0.3 is 9.64 Å². The Hall–Kier alpha value is -1.95. The van der Waals surface area contributed by atoms with Crippen molar-refractivity contribution in [2.75, 3.05) is 26.7 Å². The smallest absolute Gasteiger partial charge is 0.356 e. The second-order valence-corrected chi connectivity index (χ2v) is 5.37. The first-order valence-corrected chi connectivity index (χ1v) is 7.39. The molecule has 1 atom stereocenters. The summed E-state index contributed by atoms with van der Waals surface area (Å²) in [5.74, 6) is 0.768. The number of nitrogens with zero attached hydrogens (tertiary/aromatic N) is 4. The highest BCUT2D eigenvalue weighted by Gasteiger charge is 2.24. The van der Waals surface area contributed by atoms with Crippen molar-refractivity contribution >= 4 is 11.6 Å². The van der Waals surface area contributed by atoms with Crippen LogP contribution in [0.15, 0.2) is 18.2 Å². The number of likely N-dealkylation sites (tertiary alicyclic amines) is 1. The predicted octanol–water partition coefficient (Wildman–Crippen LogP) is 1.72. The lowest BCUT2D eigenvalue weighted by Gasteiger charge is -2.30. The van der Waals surface area contributed by atoms with E-state index >= 15 is 0 Å². The summed E-state index contributed by atoms with van der Waals surface area (Å²) in [4.78, 5) is 18.8. The summed E-state index contributed by atoms with van der Waals surface area (Å²) < 4.78 is 6.39. The number of methoxy groups -OCH3 is 1. The van der Waals surface area contributed by atoms with Gasteiger partial charge in [0, 0.05) is 12.5 Å². The van der Waals surface area contributed by atoms with Gasteiger partial charge in [0.2, 0.25) is 0 Å². The maximum absolute atomic E-state index is 11.8. The van der Waals surface area contributed by atoms with Gasteiger partial charge in [-0.05, 0) is 38.1 Å². The summed E-state index contributed by atoms with van der Waals surface area (Å²) in [6.45, 7) is 5.36. The van der Waals surface area contributed by atoms with Crippen LogP contribution in [0, 0.1) is 0 Å². The molecule has 2 aromatic heterocycles. The standard InChI is InChI=1S/C15H20N4O2/c1-3-18-9-5-6-11(10-18)14-16-13-8-4-7-12(15(20)21-2)19(13)17-14/h4,7-8,11H,3,5-6,9-10H2,1-2H3. The van der Waals surface area contributed by atoms with Gasteiger partial charge in [0.1, 0.15) is 0 Å². The first-order chi connectivity index (χ1) is 10.2. The van der Waals surface area contributed by atoms with Crippen molar-refractivity contribution in [3.05, 3.63) is 29.7 Å². The normalized spacial score (nSPS) is 19.8. The van der Waals surface area contributed by atoms with Crippen LogP contribution in [-0.4, -0.2) is 52.2 Å². The number of hydrogen-bond donors (Lipinski definition) is 0. The van der Waals surface area contributed by atoms with Gasteiger partial charge in [-0.15, -0.1) is 0 Å². The molecule has 21 heavy (non-hydrogen) atoms. The highest BCUT2D eigenvalue weighted by molar-refractivity contribution is 5.88. The Kier molecular flexibility index (Phi) is 3.88. The maximum Gasteiger partial charge on any atom is 0.356 e. The van der Waals surface area contributed by atoms with Crippen molar-refractivity contribution in [2.45, 2.75) is 25.7 Å². The summed E-state index contributed by atoms with van der Waals surface area (Å²) in [6.07, 6.45) is 2.26. The molecule has 6 nitrogen and oxygen atoms in total. The van der Waals surface area contributed by atoms with E-state index in [1.165, 1.54) is 7.11 Å². The summed E-state index contributed by atoms with van der Waals surface area (Å²) in [6, 6.07) is 5.37. The molecule has 1 unspecified atom stereocenters. The fraction of sp³-hybridized carbons (Fsp3) is 0.533. The average molecular weight is 288 g/mol. The van der Waals surface area contributed by atoms with E-state index in [2.05, 4.69) is 21.9 Å². The van der Waals surface area contributed by atoms with Gasteiger partial charge >= 0.3 is 5.97 Å². The van der Waals surface area contributed by atoms with E-state index in [0.717, 1.165) is 38.3 Å². The van der Waals surface area contributed by atoms with Crippen LogP contribution in [-0.2, 0) is 4.74 Å². The Morgan fingerprint density at radius 1 is 1.48 bits per heavy atom. The number of pyridine rings is 1. The highest BCUT2D eigenvalue weighted by atomic mass is 16.5. The highest BCUT2D eigenvalue weighted by Crippen LogP contribution is 2.25. The van der Waals surface area contributed by atoms with Crippen LogP contribution in [0.4, 0.5) is 0 Å². The van der Waals surface area contributed by atoms with E-state index in [-0.39, 0.29) is 0 Å². The number of hydrogen-bond acceptors (Lipinski definition) is 5. The Morgan fingerprint density at radius 3 is 3.10 bits per heavy atom. The Labute approximate surface area is 123 Å². The lowest BCUT2D eigenvalue weighted by molar-refractivity contribution is 0.0590. The van der Waals surface area contributed by atoms with Gasteiger partial charge in [-0.2, -0.15) is 5.10 Å². The molecule has 2 aromatic rings. The van der Waals surface area contributed by atoms with Crippen molar-refractivity contribution in [1.29, 1.82) is 0 Å². The number of likely N-dealkylation sites (N-methyl/N-ethyl adjacent to an activating group) is 1. The molecule has 1 aliphatic heterocycles. The molecule has 3 rings (SSSR count). The van der Waals surface area contributed by atoms with E-state index in [0.29, 0.717) is 17.3 Å². The van der Waals surface area contributed by atoms with Gasteiger partial charge in [0.25, 0.3) is 0 Å². The fourth-order valence-electron chi connectivity index (χ4n) is 2.91. The summed E-state index contributed by atoms with van der Waals surface area (Å²) in [7, 11) is 1.37. The van der Waals surface area contributed by atoms with Gasteiger partial charge in [0.15, 0.2) is 17.2 Å². The number of esters is 1. The SMILES string of the molecule is CCN1CCCC(c2nc3cccc(C(=O)OC)n3n2)C1. The number of ether oxygens (including phenoxy) is 1. The third-order valence-electron chi connectivity index (χ3n) is 4.09. The average Bonchev–Trinajstić information content (AvgIpc) is 2.98. The van der Waals surface area contributed by atoms with Crippen LogP contribution in [0.5, 0.6) is 0 Å². The second kappa shape index (κ2) is 5.81. The monoisotopic (exact) mass is 288 g/mol. The van der Waals surface area contributed by atoms with Gasteiger partial charge in [0.05, 0.1) is 7.11 Å². The summed E-state index contributed by atoms with van der Waals surface area (Å²) in [5, 5.41) is 4.55. The van der Waals surface area contributed by atoms with E-state index in [1.54, 1.807) is 16.6 Å². The molecular formula is C15H20N4O2. The molecular weight excluding hydrogens is 268 g/mol. The second-order valence-electron chi connectivity index (χ2n) is 5.37. The molecule has 0 bridgehead atoms. The topological polar surface area (TPSA) is 59.7 Å². The first-order valence-electron chi connectivity index (χ1n) is 7.39. The minimum absolute atomic E-state index is 0.337. The van der Waals surface area contributed by atoms with Gasteiger partial charge in [-0.3, -0.25) is 0 Å². The van der Waals surface area contributed by atoms with Crippen LogP contribution in [0.2, 0.25) is 0 Å².